The monoisotopic (exact) mass is 247 g/mol. The van der Waals surface area contributed by atoms with Crippen molar-refractivity contribution in [2.45, 2.75) is 39.8 Å². The number of benzene rings is 1. The van der Waals surface area contributed by atoms with E-state index in [4.69, 9.17) is 14.9 Å². The van der Waals surface area contributed by atoms with Crippen molar-refractivity contribution in [3.05, 3.63) is 34.6 Å². The van der Waals surface area contributed by atoms with Crippen LogP contribution in [-0.4, -0.2) is 7.11 Å². The molecule has 0 saturated carbocycles. The van der Waals surface area contributed by atoms with Crippen LogP contribution in [0.25, 0.3) is 11.0 Å². The molecule has 1 aromatic carbocycles. The zero-order valence-corrected chi connectivity index (χ0v) is 11.5. The SMILES string of the molecule is COCc1c(CN)oc2c(C)ccc(C(C)C)c12. The van der Waals surface area contributed by atoms with E-state index >= 15 is 0 Å². The smallest absolute Gasteiger partial charge is 0.137 e. The standard InChI is InChI=1S/C15H21NO2/c1-9(2)11-6-5-10(3)15-14(11)12(8-17-4)13(7-16)18-15/h5-6,9H,7-8,16H2,1-4H3. The van der Waals surface area contributed by atoms with Crippen LogP contribution >= 0.6 is 0 Å². The van der Waals surface area contributed by atoms with E-state index in [0.29, 0.717) is 19.1 Å². The number of ether oxygens (including phenoxy) is 1. The maximum Gasteiger partial charge on any atom is 0.137 e. The number of hydrogen-bond acceptors (Lipinski definition) is 3. The molecule has 1 aromatic heterocycles. The normalized spacial score (nSPS) is 11.7. The molecule has 0 fully saturated rings. The summed E-state index contributed by atoms with van der Waals surface area (Å²) in [6, 6.07) is 4.29. The van der Waals surface area contributed by atoms with Crippen LogP contribution in [-0.2, 0) is 17.9 Å². The Labute approximate surface area is 108 Å². The fourth-order valence-electron chi connectivity index (χ4n) is 2.41. The van der Waals surface area contributed by atoms with E-state index in [1.165, 1.54) is 10.9 Å². The molecule has 3 heteroatoms. The number of hydrogen-bond donors (Lipinski definition) is 1. The Morgan fingerprint density at radius 3 is 2.61 bits per heavy atom. The molecule has 0 spiro atoms. The Morgan fingerprint density at radius 2 is 2.06 bits per heavy atom. The Hall–Kier alpha value is -1.32. The van der Waals surface area contributed by atoms with Crippen LogP contribution in [0.1, 0.15) is 42.2 Å². The molecule has 0 saturated heterocycles. The molecule has 98 valence electrons. The number of nitrogens with two attached hydrogens (primary N) is 1. The van der Waals surface area contributed by atoms with Gasteiger partial charge in [0.05, 0.1) is 13.2 Å². The van der Waals surface area contributed by atoms with Crippen molar-refractivity contribution < 1.29 is 9.15 Å². The molecule has 2 N–H and O–H groups in total. The van der Waals surface area contributed by atoms with Crippen LogP contribution in [0.5, 0.6) is 0 Å². The van der Waals surface area contributed by atoms with Crippen LogP contribution in [0.2, 0.25) is 0 Å². The van der Waals surface area contributed by atoms with E-state index in [0.717, 1.165) is 22.5 Å². The summed E-state index contributed by atoms with van der Waals surface area (Å²) in [6.07, 6.45) is 0. The first-order valence-electron chi connectivity index (χ1n) is 6.32. The van der Waals surface area contributed by atoms with E-state index in [-0.39, 0.29) is 0 Å². The lowest BCUT2D eigenvalue weighted by Crippen LogP contribution is -2.00. The van der Waals surface area contributed by atoms with Crippen LogP contribution in [0.15, 0.2) is 16.5 Å². The molecule has 0 aliphatic heterocycles. The summed E-state index contributed by atoms with van der Waals surface area (Å²) in [5.41, 5.74) is 10.3. The lowest BCUT2D eigenvalue weighted by molar-refractivity contribution is 0.184. The molecule has 2 rings (SSSR count). The second-order valence-electron chi connectivity index (χ2n) is 4.97. The van der Waals surface area contributed by atoms with Gasteiger partial charge in [0.15, 0.2) is 0 Å². The Morgan fingerprint density at radius 1 is 1.33 bits per heavy atom. The molecule has 0 radical (unpaired) electrons. The molecule has 18 heavy (non-hydrogen) atoms. The average molecular weight is 247 g/mol. The van der Waals surface area contributed by atoms with E-state index in [1.807, 2.05) is 0 Å². The number of furan rings is 1. The lowest BCUT2D eigenvalue weighted by atomic mass is 9.95. The largest absolute Gasteiger partial charge is 0.459 e. The minimum Gasteiger partial charge on any atom is -0.459 e. The van der Waals surface area contributed by atoms with Gasteiger partial charge in [0.1, 0.15) is 11.3 Å². The van der Waals surface area contributed by atoms with Crippen molar-refractivity contribution >= 4 is 11.0 Å². The molecule has 0 aliphatic rings. The molecular formula is C15H21NO2. The van der Waals surface area contributed by atoms with Gasteiger partial charge in [-0.3, -0.25) is 0 Å². The summed E-state index contributed by atoms with van der Waals surface area (Å²) in [5, 5.41) is 1.19. The maximum absolute atomic E-state index is 5.92. The molecule has 1 heterocycles. The van der Waals surface area contributed by atoms with Crippen LogP contribution in [0.4, 0.5) is 0 Å². The van der Waals surface area contributed by atoms with Gasteiger partial charge in [-0.15, -0.1) is 0 Å². The van der Waals surface area contributed by atoms with Crippen molar-refractivity contribution in [3.63, 3.8) is 0 Å². The Bertz CT molecular complexity index is 555. The van der Waals surface area contributed by atoms with Gasteiger partial charge in [0.2, 0.25) is 0 Å². The Kier molecular flexibility index (Phi) is 3.73. The van der Waals surface area contributed by atoms with Gasteiger partial charge in [0, 0.05) is 18.1 Å². The zero-order chi connectivity index (χ0) is 13.3. The van der Waals surface area contributed by atoms with Crippen LogP contribution in [0.3, 0.4) is 0 Å². The average Bonchev–Trinajstić information content (AvgIpc) is 2.70. The minimum absolute atomic E-state index is 0.407. The second kappa shape index (κ2) is 5.12. The Balaban J connectivity index is 2.80. The highest BCUT2D eigenvalue weighted by Crippen LogP contribution is 2.35. The van der Waals surface area contributed by atoms with Gasteiger partial charge >= 0.3 is 0 Å². The predicted octanol–water partition coefficient (Wildman–Crippen LogP) is 3.47. The summed E-state index contributed by atoms with van der Waals surface area (Å²) in [4.78, 5) is 0. The van der Waals surface area contributed by atoms with Gasteiger partial charge < -0.3 is 14.9 Å². The van der Waals surface area contributed by atoms with Crippen molar-refractivity contribution in [3.8, 4) is 0 Å². The maximum atomic E-state index is 5.92. The fraction of sp³-hybridized carbons (Fsp3) is 0.467. The molecular weight excluding hydrogens is 226 g/mol. The number of fused-ring (bicyclic) bond motifs is 1. The van der Waals surface area contributed by atoms with E-state index in [9.17, 15) is 0 Å². The zero-order valence-electron chi connectivity index (χ0n) is 11.5. The third-order valence-corrected chi connectivity index (χ3v) is 3.35. The molecule has 0 aliphatic carbocycles. The summed E-state index contributed by atoms with van der Waals surface area (Å²) >= 11 is 0. The van der Waals surface area contributed by atoms with E-state index < -0.39 is 0 Å². The molecule has 0 unspecified atom stereocenters. The van der Waals surface area contributed by atoms with Crippen molar-refractivity contribution in [1.82, 2.24) is 0 Å². The van der Waals surface area contributed by atoms with Gasteiger partial charge in [-0.05, 0) is 24.0 Å². The van der Waals surface area contributed by atoms with Gasteiger partial charge in [-0.2, -0.15) is 0 Å². The molecule has 0 bridgehead atoms. The van der Waals surface area contributed by atoms with Crippen LogP contribution < -0.4 is 5.73 Å². The molecule has 0 amide bonds. The van der Waals surface area contributed by atoms with Gasteiger partial charge in [-0.1, -0.05) is 26.0 Å². The minimum atomic E-state index is 0.407. The second-order valence-corrected chi connectivity index (χ2v) is 4.97. The predicted molar refractivity (Wildman–Crippen MR) is 73.6 cm³/mol. The summed E-state index contributed by atoms with van der Waals surface area (Å²) < 4.78 is 11.2. The van der Waals surface area contributed by atoms with Crippen molar-refractivity contribution in [1.29, 1.82) is 0 Å². The summed E-state index contributed by atoms with van der Waals surface area (Å²) in [6.45, 7) is 7.39. The fourth-order valence-corrected chi connectivity index (χ4v) is 2.41. The van der Waals surface area contributed by atoms with Gasteiger partial charge in [0.25, 0.3) is 0 Å². The molecule has 2 aromatic rings. The molecule has 0 atom stereocenters. The lowest BCUT2D eigenvalue weighted by Gasteiger charge is -2.09. The van der Waals surface area contributed by atoms with Crippen molar-refractivity contribution in [2.75, 3.05) is 7.11 Å². The van der Waals surface area contributed by atoms with Crippen molar-refractivity contribution in [2.24, 2.45) is 5.73 Å². The summed E-state index contributed by atoms with van der Waals surface area (Å²) in [5.74, 6) is 1.29. The highest BCUT2D eigenvalue weighted by molar-refractivity contribution is 5.88. The number of methoxy groups -OCH3 is 1. The van der Waals surface area contributed by atoms with Crippen LogP contribution in [0, 0.1) is 6.92 Å². The van der Waals surface area contributed by atoms with Gasteiger partial charge in [-0.25, -0.2) is 0 Å². The number of rotatable bonds is 4. The number of aryl methyl sites for hydroxylation is 1. The quantitative estimate of drug-likeness (QED) is 0.900. The highest BCUT2D eigenvalue weighted by Gasteiger charge is 2.18. The topological polar surface area (TPSA) is 48.4 Å². The van der Waals surface area contributed by atoms with E-state index in [2.05, 4.69) is 32.9 Å². The third kappa shape index (κ3) is 2.04. The first-order valence-corrected chi connectivity index (χ1v) is 6.32. The first kappa shape index (κ1) is 13.1. The van der Waals surface area contributed by atoms with E-state index in [1.54, 1.807) is 7.11 Å². The first-order chi connectivity index (χ1) is 8.60. The molecule has 3 nitrogen and oxygen atoms in total. The highest BCUT2D eigenvalue weighted by atomic mass is 16.5. The third-order valence-electron chi connectivity index (χ3n) is 3.35. The summed E-state index contributed by atoms with van der Waals surface area (Å²) in [7, 11) is 1.70.